The fourth-order valence-corrected chi connectivity index (χ4v) is 3.14. The highest BCUT2D eigenvalue weighted by molar-refractivity contribution is 6.02. The number of aromatic nitrogens is 2. The van der Waals surface area contributed by atoms with E-state index in [0.29, 0.717) is 23.7 Å². The average Bonchev–Trinajstić information content (AvgIpc) is 3.10. The van der Waals surface area contributed by atoms with Crippen LogP contribution in [0, 0.1) is 0 Å². The number of nitrogens with two attached hydrogens (primary N) is 2. The maximum Gasteiger partial charge on any atom is 0.323 e. The molecule has 140 valence electrons. The number of amides is 2. The van der Waals surface area contributed by atoms with E-state index in [1.807, 2.05) is 66.7 Å². The van der Waals surface area contributed by atoms with E-state index >= 15 is 0 Å². The number of carbonyl (C=O) groups is 1. The molecule has 0 saturated heterocycles. The van der Waals surface area contributed by atoms with Gasteiger partial charge in [-0.2, -0.15) is 5.10 Å². The second kappa shape index (κ2) is 7.42. The lowest BCUT2D eigenvalue weighted by molar-refractivity contribution is 0.262. The Balaban J connectivity index is 1.50. The van der Waals surface area contributed by atoms with Crippen molar-refractivity contribution in [2.45, 2.75) is 6.54 Å². The molecule has 0 fully saturated rings. The highest BCUT2D eigenvalue weighted by Gasteiger charge is 2.10. The summed E-state index contributed by atoms with van der Waals surface area (Å²) in [5.41, 5.74) is 16.8. The molecule has 0 aliphatic carbocycles. The van der Waals surface area contributed by atoms with Crippen molar-refractivity contribution in [3.8, 4) is 11.1 Å². The van der Waals surface area contributed by atoms with E-state index in [4.69, 9.17) is 11.5 Å². The number of hydrogen-bond donors (Lipinski definition) is 5. The van der Waals surface area contributed by atoms with Crippen LogP contribution in [-0.2, 0) is 6.54 Å². The number of H-pyrrole nitrogens is 1. The molecule has 0 spiro atoms. The minimum absolute atomic E-state index is 0.317. The van der Waals surface area contributed by atoms with Gasteiger partial charge in [0.25, 0.3) is 0 Å². The van der Waals surface area contributed by atoms with Crippen LogP contribution >= 0.6 is 0 Å². The summed E-state index contributed by atoms with van der Waals surface area (Å²) in [6.45, 7) is 0.423. The third-order valence-corrected chi connectivity index (χ3v) is 4.49. The molecule has 0 radical (unpaired) electrons. The Morgan fingerprint density at radius 2 is 1.71 bits per heavy atom. The number of nitrogens with one attached hydrogen (secondary N) is 3. The zero-order valence-corrected chi connectivity index (χ0v) is 15.1. The van der Waals surface area contributed by atoms with Crippen molar-refractivity contribution < 1.29 is 4.79 Å². The number of anilines is 3. The molecule has 7 heteroatoms. The van der Waals surface area contributed by atoms with E-state index in [1.165, 1.54) is 0 Å². The van der Waals surface area contributed by atoms with Crippen molar-refractivity contribution in [3.63, 3.8) is 0 Å². The smallest absolute Gasteiger partial charge is 0.323 e. The standard InChI is InChI=1S/C21H20N6O/c22-12-13-3-1-4-16(11-13)25-21(28)24-15-9-7-14(8-10-15)17-5-2-6-18-19(17)20(23)27-26-18/h1-11H,12,22H2,(H3,23,26,27)(H2,24,25,28). The molecule has 28 heavy (non-hydrogen) atoms. The molecule has 0 bridgehead atoms. The maximum absolute atomic E-state index is 12.2. The zero-order chi connectivity index (χ0) is 19.5. The fourth-order valence-electron chi connectivity index (χ4n) is 3.14. The second-order valence-corrected chi connectivity index (χ2v) is 6.40. The summed E-state index contributed by atoms with van der Waals surface area (Å²) in [7, 11) is 0. The summed E-state index contributed by atoms with van der Waals surface area (Å²) in [4.78, 5) is 12.2. The second-order valence-electron chi connectivity index (χ2n) is 6.40. The number of carbonyl (C=O) groups excluding carboxylic acids is 1. The lowest BCUT2D eigenvalue weighted by Crippen LogP contribution is -2.19. The van der Waals surface area contributed by atoms with Gasteiger partial charge in [0.1, 0.15) is 0 Å². The van der Waals surface area contributed by atoms with Crippen LogP contribution in [0.4, 0.5) is 22.0 Å². The van der Waals surface area contributed by atoms with Crippen LogP contribution in [0.2, 0.25) is 0 Å². The summed E-state index contributed by atoms with van der Waals surface area (Å²) >= 11 is 0. The van der Waals surface area contributed by atoms with Crippen LogP contribution in [-0.4, -0.2) is 16.2 Å². The van der Waals surface area contributed by atoms with Crippen molar-refractivity contribution >= 4 is 34.1 Å². The third kappa shape index (κ3) is 3.51. The maximum atomic E-state index is 12.2. The normalized spacial score (nSPS) is 10.8. The van der Waals surface area contributed by atoms with Crippen molar-refractivity contribution in [1.29, 1.82) is 0 Å². The van der Waals surface area contributed by atoms with Gasteiger partial charge in [0.05, 0.1) is 10.9 Å². The van der Waals surface area contributed by atoms with Crippen LogP contribution in [0.25, 0.3) is 22.0 Å². The topological polar surface area (TPSA) is 122 Å². The van der Waals surface area contributed by atoms with Gasteiger partial charge in [-0.25, -0.2) is 4.79 Å². The van der Waals surface area contributed by atoms with Crippen molar-refractivity contribution in [2.24, 2.45) is 5.73 Å². The molecule has 1 heterocycles. The first-order chi connectivity index (χ1) is 13.6. The van der Waals surface area contributed by atoms with E-state index in [2.05, 4.69) is 20.8 Å². The number of fused-ring (bicyclic) bond motifs is 1. The highest BCUT2D eigenvalue weighted by atomic mass is 16.2. The molecule has 0 saturated carbocycles. The molecule has 0 unspecified atom stereocenters. The summed E-state index contributed by atoms with van der Waals surface area (Å²) in [6.07, 6.45) is 0. The van der Waals surface area contributed by atoms with Crippen molar-refractivity contribution in [2.75, 3.05) is 16.4 Å². The summed E-state index contributed by atoms with van der Waals surface area (Å²) in [5, 5.41) is 13.5. The highest BCUT2D eigenvalue weighted by Crippen LogP contribution is 2.31. The molecule has 4 aromatic rings. The van der Waals surface area contributed by atoms with Gasteiger partial charge < -0.3 is 22.1 Å². The number of aromatic amines is 1. The number of hydrogen-bond acceptors (Lipinski definition) is 4. The van der Waals surface area contributed by atoms with E-state index < -0.39 is 0 Å². The molecule has 7 nitrogen and oxygen atoms in total. The molecular weight excluding hydrogens is 352 g/mol. The summed E-state index contributed by atoms with van der Waals surface area (Å²) in [5.74, 6) is 0.465. The van der Waals surface area contributed by atoms with Crippen LogP contribution < -0.4 is 22.1 Å². The van der Waals surface area contributed by atoms with Crippen LogP contribution in [0.3, 0.4) is 0 Å². The van der Waals surface area contributed by atoms with Gasteiger partial charge in [-0.05, 0) is 47.0 Å². The van der Waals surface area contributed by atoms with Gasteiger partial charge >= 0.3 is 6.03 Å². The van der Waals surface area contributed by atoms with Gasteiger partial charge in [0.15, 0.2) is 5.82 Å². The number of nitrogens with zero attached hydrogens (tertiary/aromatic N) is 1. The lowest BCUT2D eigenvalue weighted by atomic mass is 10.0. The average molecular weight is 372 g/mol. The van der Waals surface area contributed by atoms with Crippen molar-refractivity contribution in [3.05, 3.63) is 72.3 Å². The molecule has 4 rings (SSSR count). The Labute approximate surface area is 161 Å². The first-order valence-electron chi connectivity index (χ1n) is 8.84. The fraction of sp³-hybridized carbons (Fsp3) is 0.0476. The molecule has 0 atom stereocenters. The molecule has 1 aromatic heterocycles. The SMILES string of the molecule is NCc1cccc(NC(=O)Nc2ccc(-c3cccc4[nH]nc(N)c34)cc2)c1. The molecule has 7 N–H and O–H groups in total. The number of urea groups is 1. The predicted molar refractivity (Wildman–Crippen MR) is 113 cm³/mol. The van der Waals surface area contributed by atoms with Gasteiger partial charge in [0.2, 0.25) is 0 Å². The molecule has 3 aromatic carbocycles. The molecular formula is C21H20N6O. The van der Waals surface area contributed by atoms with Crippen LogP contribution in [0.1, 0.15) is 5.56 Å². The Bertz CT molecular complexity index is 1130. The van der Waals surface area contributed by atoms with E-state index in [0.717, 1.165) is 27.6 Å². The molecule has 0 aliphatic heterocycles. The number of rotatable bonds is 4. The Hall–Kier alpha value is -3.84. The van der Waals surface area contributed by atoms with E-state index in [-0.39, 0.29) is 6.03 Å². The minimum Gasteiger partial charge on any atom is -0.382 e. The first-order valence-corrected chi connectivity index (χ1v) is 8.84. The summed E-state index contributed by atoms with van der Waals surface area (Å²) in [6, 6.07) is 20.6. The number of benzene rings is 3. The Morgan fingerprint density at radius 1 is 0.964 bits per heavy atom. The largest absolute Gasteiger partial charge is 0.382 e. The Kier molecular flexibility index (Phi) is 4.65. The summed E-state index contributed by atoms with van der Waals surface area (Å²) < 4.78 is 0. The van der Waals surface area contributed by atoms with Crippen molar-refractivity contribution in [1.82, 2.24) is 10.2 Å². The first kappa shape index (κ1) is 17.6. The molecule has 0 aliphatic rings. The van der Waals surface area contributed by atoms with E-state index in [9.17, 15) is 4.79 Å². The quantitative estimate of drug-likeness (QED) is 0.373. The van der Waals surface area contributed by atoms with Gasteiger partial charge in [-0.3, -0.25) is 5.10 Å². The third-order valence-electron chi connectivity index (χ3n) is 4.49. The predicted octanol–water partition coefficient (Wildman–Crippen LogP) is 3.91. The van der Waals surface area contributed by atoms with Gasteiger partial charge in [-0.1, -0.05) is 36.4 Å². The lowest BCUT2D eigenvalue weighted by Gasteiger charge is -2.10. The van der Waals surface area contributed by atoms with Gasteiger partial charge in [-0.15, -0.1) is 0 Å². The van der Waals surface area contributed by atoms with E-state index in [1.54, 1.807) is 0 Å². The zero-order valence-electron chi connectivity index (χ0n) is 15.1. The van der Waals surface area contributed by atoms with Gasteiger partial charge in [0, 0.05) is 17.9 Å². The number of nitrogen functional groups attached to an aromatic ring is 1. The monoisotopic (exact) mass is 372 g/mol. The van der Waals surface area contributed by atoms with Crippen LogP contribution in [0.15, 0.2) is 66.7 Å². The Morgan fingerprint density at radius 3 is 2.50 bits per heavy atom. The minimum atomic E-state index is -0.317. The van der Waals surface area contributed by atoms with Crippen LogP contribution in [0.5, 0.6) is 0 Å². The molecule has 2 amide bonds.